The highest BCUT2D eigenvalue weighted by Crippen LogP contribution is 2.64. The fourth-order valence-electron chi connectivity index (χ4n) is 7.55. The molecular weight excluding hydrogens is 586 g/mol. The number of pyridine rings is 1. The topological polar surface area (TPSA) is 89.7 Å². The van der Waals surface area contributed by atoms with Crippen LogP contribution in [-0.4, -0.2) is 63.7 Å². The Morgan fingerprint density at radius 3 is 2.77 bits per heavy atom. The molecule has 11 heteroatoms. The molecule has 4 aromatic rings. The van der Waals surface area contributed by atoms with Crippen LogP contribution in [-0.2, 0) is 28.0 Å². The summed E-state index contributed by atoms with van der Waals surface area (Å²) in [5.74, 6) is -0.898. The van der Waals surface area contributed by atoms with Gasteiger partial charge >= 0.3 is 0 Å². The zero-order chi connectivity index (χ0) is 30.7. The van der Waals surface area contributed by atoms with E-state index >= 15 is 4.39 Å². The first-order chi connectivity index (χ1) is 21.3. The van der Waals surface area contributed by atoms with Crippen molar-refractivity contribution in [3.63, 3.8) is 0 Å². The number of methoxy groups -OCH3 is 1. The quantitative estimate of drug-likeness (QED) is 0.191. The van der Waals surface area contributed by atoms with Gasteiger partial charge in [-0.1, -0.05) is 6.58 Å². The van der Waals surface area contributed by atoms with Gasteiger partial charge in [-0.2, -0.15) is 5.10 Å². The lowest BCUT2D eigenvalue weighted by Gasteiger charge is -2.39. The molecule has 1 N–H and O–H groups in total. The van der Waals surface area contributed by atoms with Crippen molar-refractivity contribution in [3.8, 4) is 28.3 Å². The highest BCUT2D eigenvalue weighted by Gasteiger charge is 2.58. The maximum Gasteiger partial charge on any atom is 0.246 e. The number of thiophene rings is 1. The Morgan fingerprint density at radius 2 is 2.05 bits per heavy atom. The average Bonchev–Trinajstić information content (AvgIpc) is 3.77. The van der Waals surface area contributed by atoms with Crippen molar-refractivity contribution in [3.05, 3.63) is 65.3 Å². The number of nitrogens with zero attached hydrogens (tertiary/aromatic N) is 4. The highest BCUT2D eigenvalue weighted by atomic mass is 32.1. The lowest BCUT2D eigenvalue weighted by molar-refractivity contribution is -0.129. The van der Waals surface area contributed by atoms with E-state index in [9.17, 15) is 14.3 Å². The van der Waals surface area contributed by atoms with E-state index in [0.29, 0.717) is 36.0 Å². The predicted molar refractivity (Wildman–Crippen MR) is 163 cm³/mol. The van der Waals surface area contributed by atoms with Crippen LogP contribution in [0.3, 0.4) is 0 Å². The molecule has 4 heterocycles. The minimum atomic E-state index is -0.758. The molecule has 4 aliphatic rings. The summed E-state index contributed by atoms with van der Waals surface area (Å²) in [6.07, 6.45) is 4.05. The van der Waals surface area contributed by atoms with Crippen LogP contribution in [0, 0.1) is 23.5 Å². The molecule has 0 radical (unpaired) electrons. The fourth-order valence-corrected chi connectivity index (χ4v) is 8.50. The zero-order valence-corrected chi connectivity index (χ0v) is 25.5. The van der Waals surface area contributed by atoms with E-state index in [1.165, 1.54) is 30.6 Å². The van der Waals surface area contributed by atoms with Gasteiger partial charge in [0.15, 0.2) is 0 Å². The number of hydrogen-bond donors (Lipinski definition) is 1. The maximum atomic E-state index is 16.0. The highest BCUT2D eigenvalue weighted by molar-refractivity contribution is 7.17. The molecule has 44 heavy (non-hydrogen) atoms. The molecule has 2 bridgehead atoms. The van der Waals surface area contributed by atoms with Crippen LogP contribution in [0.4, 0.5) is 8.78 Å². The van der Waals surface area contributed by atoms with E-state index in [-0.39, 0.29) is 54.4 Å². The van der Waals surface area contributed by atoms with Crippen molar-refractivity contribution in [2.24, 2.45) is 11.8 Å². The molecule has 3 fully saturated rings. The van der Waals surface area contributed by atoms with Crippen molar-refractivity contribution in [2.45, 2.75) is 50.7 Å². The van der Waals surface area contributed by atoms with Crippen molar-refractivity contribution >= 4 is 27.3 Å². The van der Waals surface area contributed by atoms with Gasteiger partial charge in [0.2, 0.25) is 5.91 Å². The van der Waals surface area contributed by atoms with E-state index in [4.69, 9.17) is 19.6 Å². The number of carbonyl (C=O) groups excluding carboxylic acids is 1. The van der Waals surface area contributed by atoms with Crippen LogP contribution in [0.2, 0.25) is 0 Å². The maximum absolute atomic E-state index is 16.0. The first-order valence-electron chi connectivity index (χ1n) is 14.9. The number of aromatic nitrogens is 3. The third kappa shape index (κ3) is 4.55. The van der Waals surface area contributed by atoms with E-state index in [1.807, 2.05) is 29.1 Å². The lowest BCUT2D eigenvalue weighted by atomic mass is 9.66. The third-order valence-corrected chi connectivity index (χ3v) is 10.6. The van der Waals surface area contributed by atoms with Gasteiger partial charge in [0.05, 0.1) is 36.6 Å². The van der Waals surface area contributed by atoms with Gasteiger partial charge in [0.1, 0.15) is 35.4 Å². The van der Waals surface area contributed by atoms with Crippen LogP contribution >= 0.6 is 11.3 Å². The largest absolute Gasteiger partial charge is 0.490 e. The summed E-state index contributed by atoms with van der Waals surface area (Å²) >= 11 is 1.48. The Bertz CT molecular complexity index is 1780. The second-order valence-electron chi connectivity index (χ2n) is 12.3. The van der Waals surface area contributed by atoms with Gasteiger partial charge in [-0.05, 0) is 61.6 Å². The van der Waals surface area contributed by atoms with Gasteiger partial charge in [-0.15, -0.1) is 11.3 Å². The summed E-state index contributed by atoms with van der Waals surface area (Å²) in [5, 5.41) is 17.9. The first-order valence-corrected chi connectivity index (χ1v) is 15.8. The molecule has 1 amide bonds. The van der Waals surface area contributed by atoms with Gasteiger partial charge in [0.25, 0.3) is 0 Å². The SMILES string of the molecule is C=CC(=O)N1Cc2cc(-c3nc(C45CC(CO)C(C4)C5)c4ccsc4c3-c3c(F)cc(F)cc3OCCOC)nn2C[C@H]1C. The second kappa shape index (κ2) is 11.0. The van der Waals surface area contributed by atoms with Crippen LogP contribution in [0.5, 0.6) is 5.75 Å². The Balaban J connectivity index is 1.45. The smallest absolute Gasteiger partial charge is 0.246 e. The lowest BCUT2D eigenvalue weighted by Crippen LogP contribution is -2.44. The molecule has 8 rings (SSSR count). The second-order valence-corrected chi connectivity index (χ2v) is 13.2. The van der Waals surface area contributed by atoms with Crippen molar-refractivity contribution in [1.29, 1.82) is 0 Å². The summed E-state index contributed by atoms with van der Waals surface area (Å²) in [6, 6.07) is 5.89. The summed E-state index contributed by atoms with van der Waals surface area (Å²) < 4.78 is 44.3. The molecule has 8 nitrogen and oxygen atoms in total. The monoisotopic (exact) mass is 620 g/mol. The van der Waals surface area contributed by atoms with Crippen molar-refractivity contribution in [2.75, 3.05) is 26.9 Å². The Kier molecular flexibility index (Phi) is 7.30. The Labute approximate surface area is 257 Å². The zero-order valence-electron chi connectivity index (χ0n) is 24.7. The van der Waals surface area contributed by atoms with Crippen LogP contribution in [0.25, 0.3) is 32.6 Å². The van der Waals surface area contributed by atoms with E-state index < -0.39 is 11.6 Å². The van der Waals surface area contributed by atoms with E-state index in [2.05, 4.69) is 6.58 Å². The number of aliphatic hydroxyl groups excluding tert-OH is 1. The molecule has 0 saturated heterocycles. The molecule has 0 spiro atoms. The number of halogens is 2. The third-order valence-electron chi connectivity index (χ3n) is 9.65. The van der Waals surface area contributed by atoms with E-state index in [1.54, 1.807) is 4.90 Å². The normalized spacial score (nSPS) is 23.9. The Hall–Kier alpha value is -3.67. The van der Waals surface area contributed by atoms with E-state index in [0.717, 1.165) is 46.8 Å². The molecule has 3 aliphatic carbocycles. The van der Waals surface area contributed by atoms with Crippen molar-refractivity contribution < 1.29 is 28.2 Å². The number of rotatable bonds is 9. The molecule has 230 valence electrons. The minimum absolute atomic E-state index is 0.0634. The molecule has 3 saturated carbocycles. The molecule has 1 aromatic carbocycles. The molecule has 1 unspecified atom stereocenters. The average molecular weight is 621 g/mol. The van der Waals surface area contributed by atoms with Crippen LogP contribution in [0.1, 0.15) is 37.6 Å². The summed E-state index contributed by atoms with van der Waals surface area (Å²) in [7, 11) is 1.53. The van der Waals surface area contributed by atoms with Crippen LogP contribution in [0.15, 0.2) is 42.3 Å². The molecule has 1 aliphatic heterocycles. The predicted octanol–water partition coefficient (Wildman–Crippen LogP) is 5.71. The number of aliphatic hydroxyl groups is 1. The summed E-state index contributed by atoms with van der Waals surface area (Å²) in [4.78, 5) is 19.6. The number of hydrogen-bond acceptors (Lipinski definition) is 7. The van der Waals surface area contributed by atoms with Gasteiger partial charge in [0, 0.05) is 53.0 Å². The standard InChI is InChI=1S/C33H34F2N4O4S/c1-4-27(41)38-16-22-11-25(37-39(22)15-18(38)2)30-29(28-24(35)9-21(34)10-26(28)43-7-6-42-3)31-23(5-8-44-31)32(36-30)33-12-19(13-33)20(14-33)17-40/h4-5,8-11,18-20,40H,1,6-7,12-17H2,2-3H3/t18-,19?,20?,33?/m1/s1. The number of fused-ring (bicyclic) bond motifs is 3. The van der Waals surface area contributed by atoms with Gasteiger partial charge in [-0.3, -0.25) is 9.48 Å². The molecule has 3 aromatic heterocycles. The summed E-state index contributed by atoms with van der Waals surface area (Å²) in [5.41, 5.74) is 3.23. The Morgan fingerprint density at radius 1 is 1.23 bits per heavy atom. The first kappa shape index (κ1) is 29.1. The van der Waals surface area contributed by atoms with Gasteiger partial charge < -0.3 is 19.5 Å². The number of ether oxygens (including phenoxy) is 2. The van der Waals surface area contributed by atoms with Gasteiger partial charge in [-0.25, -0.2) is 13.8 Å². The number of amides is 1. The van der Waals surface area contributed by atoms with Crippen molar-refractivity contribution in [1.82, 2.24) is 19.7 Å². The van der Waals surface area contributed by atoms with Crippen LogP contribution < -0.4 is 4.74 Å². The molecular formula is C33H34F2N4O4S. The molecule has 2 atom stereocenters. The number of carbonyl (C=O) groups is 1. The minimum Gasteiger partial charge on any atom is -0.490 e. The number of benzene rings is 1. The summed E-state index contributed by atoms with van der Waals surface area (Å²) in [6.45, 7) is 6.95. The fraction of sp³-hybridized carbons (Fsp3) is 0.424.